The Labute approximate surface area is 158 Å². The predicted molar refractivity (Wildman–Crippen MR) is 114 cm³/mol. The molecule has 0 aliphatic carbocycles. The van der Waals surface area contributed by atoms with Crippen molar-refractivity contribution in [3.63, 3.8) is 0 Å². The molecule has 6 heteroatoms. The smallest absolute Gasteiger partial charge is 0.159 e. The first-order valence-corrected chi connectivity index (χ1v) is 10.2. The third-order valence-electron chi connectivity index (χ3n) is 3.28. The molecular weight excluding hydrogens is 348 g/mol. The fourth-order valence-corrected chi connectivity index (χ4v) is 3.51. The van der Waals surface area contributed by atoms with E-state index in [4.69, 9.17) is 11.5 Å². The van der Waals surface area contributed by atoms with E-state index < -0.39 is 0 Å². The van der Waals surface area contributed by atoms with Crippen LogP contribution in [0.2, 0.25) is 0 Å². The van der Waals surface area contributed by atoms with E-state index in [1.54, 1.807) is 23.5 Å². The van der Waals surface area contributed by atoms with Crippen LogP contribution in [0.25, 0.3) is 0 Å². The molecule has 4 N–H and O–H groups in total. The highest BCUT2D eigenvalue weighted by Gasteiger charge is 1.98. The fraction of sp³-hybridized carbons (Fsp3) is 0.263. The Kier molecular flexibility index (Phi) is 9.01. The summed E-state index contributed by atoms with van der Waals surface area (Å²) in [7, 11) is 0. The molecule has 132 valence electrons. The minimum Gasteiger partial charge on any atom is -0.378 e. The molecule has 0 saturated heterocycles. The van der Waals surface area contributed by atoms with E-state index in [9.17, 15) is 0 Å². The monoisotopic (exact) mass is 372 g/mol. The first-order chi connectivity index (χ1) is 12.2. The van der Waals surface area contributed by atoms with Crippen LogP contribution in [0.5, 0.6) is 0 Å². The summed E-state index contributed by atoms with van der Waals surface area (Å²) >= 11 is 3.22. The van der Waals surface area contributed by atoms with Gasteiger partial charge in [-0.15, -0.1) is 0 Å². The van der Waals surface area contributed by atoms with Gasteiger partial charge in [0.05, 0.1) is 11.4 Å². The van der Waals surface area contributed by atoms with Crippen LogP contribution < -0.4 is 11.5 Å². The van der Waals surface area contributed by atoms with Crippen LogP contribution in [-0.4, -0.2) is 21.8 Å². The van der Waals surface area contributed by atoms with Crippen molar-refractivity contribution in [2.45, 2.75) is 19.3 Å². The van der Waals surface area contributed by atoms with Crippen LogP contribution >= 0.6 is 23.5 Å². The quantitative estimate of drug-likeness (QED) is 0.392. The fourth-order valence-electron chi connectivity index (χ4n) is 2.06. The summed E-state index contributed by atoms with van der Waals surface area (Å²) in [6.45, 7) is 0. The molecule has 0 aromatic heterocycles. The van der Waals surface area contributed by atoms with Gasteiger partial charge in [-0.05, 0) is 37.1 Å². The van der Waals surface area contributed by atoms with E-state index >= 15 is 0 Å². The summed E-state index contributed by atoms with van der Waals surface area (Å²) in [6.07, 6.45) is 3.38. The summed E-state index contributed by atoms with van der Waals surface area (Å²) in [6, 6.07) is 19.6. The molecule has 0 radical (unpaired) electrons. The average molecular weight is 373 g/mol. The molecule has 0 unspecified atom stereocenters. The lowest BCUT2D eigenvalue weighted by Crippen LogP contribution is -2.07. The lowest BCUT2D eigenvalue weighted by atomic mass is 10.3. The average Bonchev–Trinajstić information content (AvgIpc) is 2.62. The van der Waals surface area contributed by atoms with Gasteiger partial charge in [-0.2, -0.15) is 0 Å². The number of rotatable bonds is 8. The third kappa shape index (κ3) is 8.65. The zero-order valence-electron chi connectivity index (χ0n) is 14.2. The molecule has 4 nitrogen and oxygen atoms in total. The minimum atomic E-state index is 0.625. The number of hydrogen-bond acceptors (Lipinski definition) is 4. The number of hydrogen-bond donors (Lipinski definition) is 2. The van der Waals surface area contributed by atoms with Crippen molar-refractivity contribution in [2.75, 3.05) is 11.5 Å². The van der Waals surface area contributed by atoms with E-state index in [1.165, 1.54) is 0 Å². The first-order valence-electron chi connectivity index (χ1n) is 8.28. The third-order valence-corrected chi connectivity index (χ3v) is 5.04. The highest BCUT2D eigenvalue weighted by atomic mass is 32.2. The van der Waals surface area contributed by atoms with Crippen LogP contribution in [0.3, 0.4) is 0 Å². The minimum absolute atomic E-state index is 0.625. The molecule has 0 saturated carbocycles. The van der Waals surface area contributed by atoms with Gasteiger partial charge in [0.25, 0.3) is 0 Å². The maximum atomic E-state index is 5.94. The molecule has 0 aliphatic rings. The van der Waals surface area contributed by atoms with Crippen molar-refractivity contribution in [1.82, 2.24) is 0 Å². The zero-order chi connectivity index (χ0) is 17.7. The Morgan fingerprint density at radius 2 is 1.04 bits per heavy atom. The van der Waals surface area contributed by atoms with Crippen molar-refractivity contribution < 1.29 is 0 Å². The van der Waals surface area contributed by atoms with Crippen LogP contribution in [0.1, 0.15) is 19.3 Å². The Balaban J connectivity index is 1.55. The summed E-state index contributed by atoms with van der Waals surface area (Å²) < 4.78 is 0. The van der Waals surface area contributed by atoms with Crippen LogP contribution in [0, 0.1) is 0 Å². The van der Waals surface area contributed by atoms with Gasteiger partial charge in [0.2, 0.25) is 0 Å². The van der Waals surface area contributed by atoms with Gasteiger partial charge in [-0.3, -0.25) is 0 Å². The first kappa shape index (κ1) is 19.4. The van der Waals surface area contributed by atoms with E-state index in [2.05, 4.69) is 9.98 Å². The maximum absolute atomic E-state index is 5.94. The molecular formula is C19H24N4S2. The number of nitrogens with zero attached hydrogens (tertiary/aromatic N) is 2. The van der Waals surface area contributed by atoms with Crippen LogP contribution in [0.4, 0.5) is 11.4 Å². The number of benzene rings is 2. The highest BCUT2D eigenvalue weighted by molar-refractivity contribution is 8.14. The Bertz CT molecular complexity index is 613. The second kappa shape index (κ2) is 11.6. The molecule has 25 heavy (non-hydrogen) atoms. The number of unbranched alkanes of at least 4 members (excludes halogenated alkanes) is 2. The molecule has 0 spiro atoms. The molecule has 2 aromatic carbocycles. The van der Waals surface area contributed by atoms with E-state index in [1.807, 2.05) is 60.7 Å². The second-order valence-corrected chi connectivity index (χ2v) is 7.56. The number of aliphatic imine (C=N–C) groups is 2. The van der Waals surface area contributed by atoms with Crippen molar-refractivity contribution in [2.24, 2.45) is 21.5 Å². The Morgan fingerprint density at radius 3 is 1.44 bits per heavy atom. The SMILES string of the molecule is NC(=Nc1ccccc1)SCCCCCSC(N)=Nc1ccccc1. The van der Waals surface area contributed by atoms with Crippen molar-refractivity contribution in [1.29, 1.82) is 0 Å². The highest BCUT2D eigenvalue weighted by Crippen LogP contribution is 2.16. The molecule has 0 amide bonds. The molecule has 0 bridgehead atoms. The van der Waals surface area contributed by atoms with Crippen molar-refractivity contribution >= 4 is 45.2 Å². The summed E-state index contributed by atoms with van der Waals surface area (Å²) in [4.78, 5) is 8.75. The van der Waals surface area contributed by atoms with E-state index in [-0.39, 0.29) is 0 Å². The summed E-state index contributed by atoms with van der Waals surface area (Å²) in [5.74, 6) is 1.97. The normalized spacial score (nSPS) is 12.3. The zero-order valence-corrected chi connectivity index (χ0v) is 15.8. The standard InChI is InChI=1S/C19H24N4S2/c20-18(22-16-10-4-1-5-11-16)24-14-8-3-9-15-25-19(21)23-17-12-6-2-7-13-17/h1-2,4-7,10-13H,3,8-9,14-15H2,(H2,20,22)(H2,21,23). The van der Waals surface area contributed by atoms with Gasteiger partial charge in [0, 0.05) is 11.5 Å². The molecule has 2 rings (SSSR count). The number of amidine groups is 2. The molecule has 0 aliphatic heterocycles. The summed E-state index contributed by atoms with van der Waals surface area (Å²) in [5, 5.41) is 1.25. The number of para-hydroxylation sites is 2. The van der Waals surface area contributed by atoms with Gasteiger partial charge in [-0.25, -0.2) is 9.98 Å². The van der Waals surface area contributed by atoms with Gasteiger partial charge in [0.15, 0.2) is 10.3 Å². The van der Waals surface area contributed by atoms with Crippen molar-refractivity contribution in [3.8, 4) is 0 Å². The molecule has 0 atom stereocenters. The summed E-state index contributed by atoms with van der Waals surface area (Å²) in [5.41, 5.74) is 13.7. The predicted octanol–water partition coefficient (Wildman–Crippen LogP) is 4.92. The van der Waals surface area contributed by atoms with E-state index in [0.29, 0.717) is 10.3 Å². The lowest BCUT2D eigenvalue weighted by Gasteiger charge is -2.03. The van der Waals surface area contributed by atoms with E-state index in [0.717, 1.165) is 42.1 Å². The van der Waals surface area contributed by atoms with Gasteiger partial charge in [0.1, 0.15) is 0 Å². The Morgan fingerprint density at radius 1 is 0.640 bits per heavy atom. The lowest BCUT2D eigenvalue weighted by molar-refractivity contribution is 0.787. The second-order valence-electron chi connectivity index (χ2n) is 5.33. The molecule has 0 fully saturated rings. The van der Waals surface area contributed by atoms with Crippen LogP contribution in [-0.2, 0) is 0 Å². The van der Waals surface area contributed by atoms with Gasteiger partial charge in [-0.1, -0.05) is 66.3 Å². The topological polar surface area (TPSA) is 76.8 Å². The van der Waals surface area contributed by atoms with Crippen molar-refractivity contribution in [3.05, 3.63) is 60.7 Å². The number of nitrogens with two attached hydrogens (primary N) is 2. The van der Waals surface area contributed by atoms with Crippen LogP contribution in [0.15, 0.2) is 70.6 Å². The molecule has 2 aromatic rings. The Hall–Kier alpha value is -1.92. The van der Waals surface area contributed by atoms with Gasteiger partial charge < -0.3 is 11.5 Å². The number of thioether (sulfide) groups is 2. The largest absolute Gasteiger partial charge is 0.378 e. The van der Waals surface area contributed by atoms with Gasteiger partial charge >= 0.3 is 0 Å². The molecule has 0 heterocycles. The maximum Gasteiger partial charge on any atom is 0.159 e.